The van der Waals surface area contributed by atoms with E-state index in [1.165, 1.54) is 12.8 Å². The summed E-state index contributed by atoms with van der Waals surface area (Å²) in [7, 11) is 1.96. The number of imidazole rings is 1. The Morgan fingerprint density at radius 2 is 2.11 bits per heavy atom. The third kappa shape index (κ3) is 1.32. The molecule has 1 saturated heterocycles. The highest BCUT2D eigenvalue weighted by Crippen LogP contribution is 2.53. The molecule has 4 rings (SSSR count). The molecular weight excluding hydrogens is 226 g/mol. The predicted molar refractivity (Wildman–Crippen MR) is 68.3 cm³/mol. The third-order valence-corrected chi connectivity index (χ3v) is 4.27. The lowest BCUT2D eigenvalue weighted by Crippen LogP contribution is -2.51. The zero-order valence-corrected chi connectivity index (χ0v) is 10.4. The van der Waals surface area contributed by atoms with Gasteiger partial charge in [0.2, 0.25) is 0 Å². The first-order valence-corrected chi connectivity index (χ1v) is 6.37. The van der Waals surface area contributed by atoms with E-state index in [-0.39, 0.29) is 5.91 Å². The molecule has 18 heavy (non-hydrogen) atoms. The van der Waals surface area contributed by atoms with Crippen LogP contribution < -0.4 is 0 Å². The highest BCUT2D eigenvalue weighted by molar-refractivity contribution is 5.98. The van der Waals surface area contributed by atoms with Crippen LogP contribution in [0.25, 0.3) is 11.0 Å². The summed E-state index contributed by atoms with van der Waals surface area (Å²) in [5, 5.41) is 0. The number of aromatic nitrogens is 2. The quantitative estimate of drug-likeness (QED) is 0.763. The maximum atomic E-state index is 12.3. The van der Waals surface area contributed by atoms with Crippen molar-refractivity contribution in [1.29, 1.82) is 0 Å². The van der Waals surface area contributed by atoms with E-state index in [0.717, 1.165) is 29.7 Å². The van der Waals surface area contributed by atoms with Crippen molar-refractivity contribution in [3.8, 4) is 0 Å². The fraction of sp³-hybridized carbons (Fsp3) is 0.429. The van der Waals surface area contributed by atoms with Crippen LogP contribution in [0.15, 0.2) is 24.5 Å². The number of carbonyl (C=O) groups is 1. The van der Waals surface area contributed by atoms with Gasteiger partial charge in [-0.05, 0) is 31.0 Å². The van der Waals surface area contributed by atoms with E-state index in [9.17, 15) is 4.79 Å². The maximum Gasteiger partial charge on any atom is 0.253 e. The van der Waals surface area contributed by atoms with Crippen molar-refractivity contribution in [1.82, 2.24) is 14.5 Å². The van der Waals surface area contributed by atoms with Crippen LogP contribution in [0.5, 0.6) is 0 Å². The number of rotatable bonds is 1. The number of amides is 1. The van der Waals surface area contributed by atoms with Gasteiger partial charge in [-0.1, -0.05) is 0 Å². The summed E-state index contributed by atoms with van der Waals surface area (Å²) in [4.78, 5) is 18.5. The summed E-state index contributed by atoms with van der Waals surface area (Å²) in [6.45, 7) is 1.90. The van der Waals surface area contributed by atoms with Crippen molar-refractivity contribution in [2.45, 2.75) is 12.8 Å². The normalized spacial score (nSPS) is 20.2. The summed E-state index contributed by atoms with van der Waals surface area (Å²) in [6, 6.07) is 5.78. The number of aryl methyl sites for hydroxylation is 1. The molecule has 1 aromatic heterocycles. The lowest BCUT2D eigenvalue weighted by atomic mass is 9.96. The molecule has 2 aliphatic rings. The van der Waals surface area contributed by atoms with Crippen molar-refractivity contribution in [2.75, 3.05) is 13.1 Å². The first kappa shape index (κ1) is 10.1. The van der Waals surface area contributed by atoms with Gasteiger partial charge in [0.15, 0.2) is 0 Å². The van der Waals surface area contributed by atoms with Gasteiger partial charge < -0.3 is 9.47 Å². The Bertz CT molecular complexity index is 646. The Morgan fingerprint density at radius 1 is 1.33 bits per heavy atom. The molecule has 4 heteroatoms. The molecule has 0 N–H and O–H groups in total. The standard InChI is InChI=1S/C14H15N3O/c1-16-9-15-11-6-10(2-3-12(11)16)13(18)17-7-14(8-17)4-5-14/h2-3,6,9H,4-5,7-8H2,1H3. The van der Waals surface area contributed by atoms with Crippen molar-refractivity contribution >= 4 is 16.9 Å². The zero-order chi connectivity index (χ0) is 12.3. The van der Waals surface area contributed by atoms with Gasteiger partial charge in [0.25, 0.3) is 5.91 Å². The fourth-order valence-corrected chi connectivity index (χ4v) is 2.85. The molecule has 2 heterocycles. The van der Waals surface area contributed by atoms with Gasteiger partial charge in [0.1, 0.15) is 0 Å². The van der Waals surface area contributed by atoms with Gasteiger partial charge in [-0.3, -0.25) is 4.79 Å². The van der Waals surface area contributed by atoms with Gasteiger partial charge in [0.05, 0.1) is 17.4 Å². The molecule has 1 saturated carbocycles. The van der Waals surface area contributed by atoms with E-state index in [1.54, 1.807) is 6.33 Å². The highest BCUT2D eigenvalue weighted by Gasteiger charge is 2.53. The number of hydrogen-bond donors (Lipinski definition) is 0. The molecule has 1 aliphatic heterocycles. The van der Waals surface area contributed by atoms with Gasteiger partial charge >= 0.3 is 0 Å². The number of nitrogens with zero attached hydrogens (tertiary/aromatic N) is 3. The van der Waals surface area contributed by atoms with Crippen LogP contribution in [-0.4, -0.2) is 33.4 Å². The van der Waals surface area contributed by atoms with Gasteiger partial charge in [-0.25, -0.2) is 4.98 Å². The van der Waals surface area contributed by atoms with E-state index in [1.807, 2.05) is 34.7 Å². The molecule has 0 unspecified atom stereocenters. The van der Waals surface area contributed by atoms with Crippen LogP contribution >= 0.6 is 0 Å². The second-order valence-corrected chi connectivity index (χ2v) is 5.72. The summed E-state index contributed by atoms with van der Waals surface area (Å²) in [5.41, 5.74) is 3.24. The summed E-state index contributed by atoms with van der Waals surface area (Å²) in [6.07, 6.45) is 4.38. The fourth-order valence-electron chi connectivity index (χ4n) is 2.85. The Hall–Kier alpha value is -1.84. The second-order valence-electron chi connectivity index (χ2n) is 5.72. The van der Waals surface area contributed by atoms with Crippen LogP contribution in [0, 0.1) is 5.41 Å². The second kappa shape index (κ2) is 3.13. The molecule has 0 radical (unpaired) electrons. The number of hydrogen-bond acceptors (Lipinski definition) is 2. The minimum Gasteiger partial charge on any atom is -0.337 e. The van der Waals surface area contributed by atoms with E-state index in [2.05, 4.69) is 4.98 Å². The van der Waals surface area contributed by atoms with Crippen molar-refractivity contribution in [2.24, 2.45) is 12.5 Å². The molecule has 0 bridgehead atoms. The lowest BCUT2D eigenvalue weighted by Gasteiger charge is -2.40. The van der Waals surface area contributed by atoms with Crippen LogP contribution in [0.2, 0.25) is 0 Å². The van der Waals surface area contributed by atoms with Crippen LogP contribution in [-0.2, 0) is 7.05 Å². The maximum absolute atomic E-state index is 12.3. The van der Waals surface area contributed by atoms with Crippen molar-refractivity contribution in [3.63, 3.8) is 0 Å². The van der Waals surface area contributed by atoms with Crippen LogP contribution in [0.4, 0.5) is 0 Å². The van der Waals surface area contributed by atoms with Gasteiger partial charge in [-0.15, -0.1) is 0 Å². The molecule has 1 amide bonds. The number of carbonyl (C=O) groups excluding carboxylic acids is 1. The first-order chi connectivity index (χ1) is 8.67. The first-order valence-electron chi connectivity index (χ1n) is 6.37. The largest absolute Gasteiger partial charge is 0.337 e. The molecule has 1 spiro atoms. The average molecular weight is 241 g/mol. The zero-order valence-electron chi connectivity index (χ0n) is 10.4. The van der Waals surface area contributed by atoms with E-state index < -0.39 is 0 Å². The minimum atomic E-state index is 0.153. The summed E-state index contributed by atoms with van der Waals surface area (Å²) < 4.78 is 1.96. The molecule has 1 aliphatic carbocycles. The summed E-state index contributed by atoms with van der Waals surface area (Å²) in [5.74, 6) is 0.153. The lowest BCUT2D eigenvalue weighted by molar-refractivity contribution is 0.0443. The molecule has 4 nitrogen and oxygen atoms in total. The van der Waals surface area contributed by atoms with Crippen molar-refractivity contribution < 1.29 is 4.79 Å². The van der Waals surface area contributed by atoms with Crippen LogP contribution in [0.3, 0.4) is 0 Å². The Labute approximate surface area is 105 Å². The molecule has 0 atom stereocenters. The average Bonchev–Trinajstić information content (AvgIpc) is 3.06. The monoisotopic (exact) mass is 241 g/mol. The number of likely N-dealkylation sites (tertiary alicyclic amines) is 1. The molecule has 2 aromatic rings. The van der Waals surface area contributed by atoms with E-state index >= 15 is 0 Å². The minimum absolute atomic E-state index is 0.153. The molecular formula is C14H15N3O. The van der Waals surface area contributed by atoms with Crippen molar-refractivity contribution in [3.05, 3.63) is 30.1 Å². The SMILES string of the molecule is Cn1cnc2cc(C(=O)N3CC4(CC4)C3)ccc21. The van der Waals surface area contributed by atoms with Crippen LogP contribution in [0.1, 0.15) is 23.2 Å². The number of benzene rings is 1. The summed E-state index contributed by atoms with van der Waals surface area (Å²) >= 11 is 0. The van der Waals surface area contributed by atoms with E-state index in [0.29, 0.717) is 5.41 Å². The Morgan fingerprint density at radius 3 is 2.83 bits per heavy atom. The molecule has 2 fully saturated rings. The Balaban J connectivity index is 1.63. The molecule has 1 aromatic carbocycles. The smallest absolute Gasteiger partial charge is 0.253 e. The topological polar surface area (TPSA) is 38.1 Å². The Kier molecular flexibility index (Phi) is 1.76. The number of fused-ring (bicyclic) bond motifs is 1. The van der Waals surface area contributed by atoms with Gasteiger partial charge in [-0.2, -0.15) is 0 Å². The molecule has 92 valence electrons. The highest BCUT2D eigenvalue weighted by atomic mass is 16.2. The van der Waals surface area contributed by atoms with Gasteiger partial charge in [0, 0.05) is 31.1 Å². The third-order valence-electron chi connectivity index (χ3n) is 4.27. The van der Waals surface area contributed by atoms with E-state index in [4.69, 9.17) is 0 Å². The predicted octanol–water partition coefficient (Wildman–Crippen LogP) is 1.81.